The van der Waals surface area contributed by atoms with Crippen molar-refractivity contribution >= 4 is 17.0 Å². The molecule has 1 aliphatic heterocycles. The fourth-order valence-electron chi connectivity index (χ4n) is 2.96. The van der Waals surface area contributed by atoms with Crippen LogP contribution in [-0.2, 0) is 6.54 Å². The monoisotopic (exact) mass is 292 g/mol. The Morgan fingerprint density at radius 2 is 2.00 bits per heavy atom. The Bertz CT molecular complexity index is 634. The topological polar surface area (TPSA) is 56.3 Å². The average molecular weight is 292 g/mol. The van der Waals surface area contributed by atoms with Crippen molar-refractivity contribution in [3.05, 3.63) is 17.9 Å². The molecular weight excluding hydrogens is 271 g/mol. The Hall–Kier alpha value is -1.82. The molecule has 0 spiro atoms. The van der Waals surface area contributed by atoms with E-state index < -0.39 is 5.82 Å². The Balaban J connectivity index is 1.84. The minimum atomic E-state index is -0.411. The highest BCUT2D eigenvalue weighted by atomic mass is 19.1. The molecule has 6 heteroatoms. The molecule has 2 N–H and O–H groups in total. The molecule has 0 amide bonds. The van der Waals surface area contributed by atoms with Crippen LogP contribution >= 0.6 is 0 Å². The Kier molecular flexibility index (Phi) is 3.96. The van der Waals surface area contributed by atoms with E-state index in [0.29, 0.717) is 11.5 Å². The first-order chi connectivity index (χ1) is 10.2. The third-order valence-electron chi connectivity index (χ3n) is 4.14. The minimum Gasteiger partial charge on any atom is -0.494 e. The summed E-state index contributed by atoms with van der Waals surface area (Å²) < 4.78 is 20.7. The van der Waals surface area contributed by atoms with E-state index in [1.165, 1.54) is 32.4 Å². The lowest BCUT2D eigenvalue weighted by Gasteiger charge is -2.26. The third-order valence-corrected chi connectivity index (χ3v) is 4.14. The number of hydrogen-bond donors (Lipinski definition) is 1. The van der Waals surface area contributed by atoms with Crippen LogP contribution in [0.5, 0.6) is 5.75 Å². The predicted octanol–water partition coefficient (Wildman–Crippen LogP) is 2.25. The number of halogens is 1. The van der Waals surface area contributed by atoms with Crippen LogP contribution in [0.1, 0.15) is 19.3 Å². The van der Waals surface area contributed by atoms with Gasteiger partial charge in [0.05, 0.1) is 18.1 Å². The normalized spacial score (nSPS) is 16.5. The van der Waals surface area contributed by atoms with E-state index >= 15 is 0 Å². The Morgan fingerprint density at radius 3 is 2.71 bits per heavy atom. The van der Waals surface area contributed by atoms with Crippen molar-refractivity contribution in [1.82, 2.24) is 14.5 Å². The molecule has 2 heterocycles. The lowest BCUT2D eigenvalue weighted by Crippen LogP contribution is -2.32. The molecule has 21 heavy (non-hydrogen) atoms. The molecule has 1 aromatic heterocycles. The number of nitrogens with zero attached hydrogens (tertiary/aromatic N) is 3. The molecule has 2 aromatic rings. The summed E-state index contributed by atoms with van der Waals surface area (Å²) in [6, 6.07) is 3.05. The van der Waals surface area contributed by atoms with Crippen molar-refractivity contribution in [3.63, 3.8) is 0 Å². The molecular formula is C15H21FN4O. The van der Waals surface area contributed by atoms with Gasteiger partial charge in [-0.05, 0) is 25.9 Å². The zero-order valence-electron chi connectivity index (χ0n) is 12.3. The summed E-state index contributed by atoms with van der Waals surface area (Å²) in [7, 11) is 1.46. The van der Waals surface area contributed by atoms with E-state index in [0.717, 1.165) is 31.7 Å². The highest BCUT2D eigenvalue weighted by molar-refractivity contribution is 5.80. The van der Waals surface area contributed by atoms with Crippen LogP contribution in [0.25, 0.3) is 11.0 Å². The highest BCUT2D eigenvalue weighted by Crippen LogP contribution is 2.26. The standard InChI is InChI=1S/C15H21FN4O/c1-21-14-10-13-12(9-11(14)16)18-15(17)20(13)8-7-19-5-3-2-4-6-19/h9-10H,2-8H2,1H3,(H2,17,18). The van der Waals surface area contributed by atoms with Gasteiger partial charge in [-0.2, -0.15) is 0 Å². The number of aromatic nitrogens is 2. The number of imidazole rings is 1. The van der Waals surface area contributed by atoms with Crippen molar-refractivity contribution in [2.24, 2.45) is 0 Å². The maximum Gasteiger partial charge on any atom is 0.201 e. The lowest BCUT2D eigenvalue weighted by atomic mass is 10.1. The van der Waals surface area contributed by atoms with Crippen LogP contribution in [-0.4, -0.2) is 41.2 Å². The first-order valence-electron chi connectivity index (χ1n) is 7.40. The van der Waals surface area contributed by atoms with Gasteiger partial charge in [-0.25, -0.2) is 9.37 Å². The number of nitrogens with two attached hydrogens (primary N) is 1. The van der Waals surface area contributed by atoms with Gasteiger partial charge in [-0.3, -0.25) is 0 Å². The van der Waals surface area contributed by atoms with Crippen LogP contribution < -0.4 is 10.5 Å². The van der Waals surface area contributed by atoms with Gasteiger partial charge in [-0.1, -0.05) is 6.42 Å². The first-order valence-corrected chi connectivity index (χ1v) is 7.40. The highest BCUT2D eigenvalue weighted by Gasteiger charge is 2.15. The fourth-order valence-corrected chi connectivity index (χ4v) is 2.96. The third kappa shape index (κ3) is 2.81. The van der Waals surface area contributed by atoms with Gasteiger partial charge >= 0.3 is 0 Å². The minimum absolute atomic E-state index is 0.224. The molecule has 5 nitrogen and oxygen atoms in total. The number of methoxy groups -OCH3 is 1. The smallest absolute Gasteiger partial charge is 0.201 e. The van der Waals surface area contributed by atoms with Gasteiger partial charge in [0.15, 0.2) is 11.6 Å². The molecule has 1 aromatic carbocycles. The molecule has 3 rings (SSSR count). The quantitative estimate of drug-likeness (QED) is 0.939. The van der Waals surface area contributed by atoms with E-state index in [-0.39, 0.29) is 5.75 Å². The number of nitrogen functional groups attached to an aromatic ring is 1. The van der Waals surface area contributed by atoms with Crippen LogP contribution in [0.15, 0.2) is 12.1 Å². The number of piperidine rings is 1. The van der Waals surface area contributed by atoms with Gasteiger partial charge in [0.1, 0.15) is 0 Å². The number of ether oxygens (including phenoxy) is 1. The zero-order chi connectivity index (χ0) is 14.8. The van der Waals surface area contributed by atoms with Crippen molar-refractivity contribution in [3.8, 4) is 5.75 Å². The predicted molar refractivity (Wildman–Crippen MR) is 80.9 cm³/mol. The van der Waals surface area contributed by atoms with E-state index in [1.54, 1.807) is 6.07 Å². The van der Waals surface area contributed by atoms with E-state index in [4.69, 9.17) is 10.5 Å². The van der Waals surface area contributed by atoms with E-state index in [2.05, 4.69) is 9.88 Å². The summed E-state index contributed by atoms with van der Waals surface area (Å²) in [4.78, 5) is 6.68. The molecule has 0 unspecified atom stereocenters. The maximum absolute atomic E-state index is 13.7. The lowest BCUT2D eigenvalue weighted by molar-refractivity contribution is 0.222. The number of fused-ring (bicyclic) bond motifs is 1. The Labute approximate surface area is 123 Å². The van der Waals surface area contributed by atoms with Crippen LogP contribution in [0.2, 0.25) is 0 Å². The maximum atomic E-state index is 13.7. The van der Waals surface area contributed by atoms with Crippen LogP contribution in [0, 0.1) is 5.82 Å². The molecule has 1 fully saturated rings. The molecule has 1 aliphatic rings. The Morgan fingerprint density at radius 1 is 1.24 bits per heavy atom. The van der Waals surface area contributed by atoms with Crippen LogP contribution in [0.3, 0.4) is 0 Å². The van der Waals surface area contributed by atoms with Gasteiger partial charge in [-0.15, -0.1) is 0 Å². The molecule has 0 radical (unpaired) electrons. The van der Waals surface area contributed by atoms with Crippen molar-refractivity contribution in [2.75, 3.05) is 32.5 Å². The van der Waals surface area contributed by atoms with Gasteiger partial charge in [0, 0.05) is 25.2 Å². The molecule has 114 valence electrons. The van der Waals surface area contributed by atoms with Crippen molar-refractivity contribution < 1.29 is 9.13 Å². The second-order valence-corrected chi connectivity index (χ2v) is 5.50. The van der Waals surface area contributed by atoms with E-state index in [9.17, 15) is 4.39 Å². The SMILES string of the molecule is COc1cc2c(cc1F)nc(N)n2CCN1CCCCC1. The summed E-state index contributed by atoms with van der Waals surface area (Å²) >= 11 is 0. The molecule has 0 saturated carbocycles. The van der Waals surface area contributed by atoms with Crippen LogP contribution in [0.4, 0.5) is 10.3 Å². The fraction of sp³-hybridized carbons (Fsp3) is 0.533. The van der Waals surface area contributed by atoms with Crippen molar-refractivity contribution in [1.29, 1.82) is 0 Å². The summed E-state index contributed by atoms with van der Waals surface area (Å²) in [5.74, 6) is 0.238. The van der Waals surface area contributed by atoms with Gasteiger partial charge < -0.3 is 19.9 Å². The molecule has 1 saturated heterocycles. The zero-order valence-corrected chi connectivity index (χ0v) is 12.3. The van der Waals surface area contributed by atoms with Crippen molar-refractivity contribution in [2.45, 2.75) is 25.8 Å². The first kappa shape index (κ1) is 14.1. The summed E-state index contributed by atoms with van der Waals surface area (Å²) in [6.07, 6.45) is 3.85. The molecule has 0 atom stereocenters. The number of hydrogen-bond acceptors (Lipinski definition) is 4. The summed E-state index contributed by atoms with van der Waals surface area (Å²) in [5, 5.41) is 0. The summed E-state index contributed by atoms with van der Waals surface area (Å²) in [6.45, 7) is 3.99. The number of rotatable bonds is 4. The average Bonchev–Trinajstić information content (AvgIpc) is 2.79. The second-order valence-electron chi connectivity index (χ2n) is 5.50. The second kappa shape index (κ2) is 5.89. The number of benzene rings is 1. The number of likely N-dealkylation sites (tertiary alicyclic amines) is 1. The molecule has 0 aliphatic carbocycles. The largest absolute Gasteiger partial charge is 0.494 e. The van der Waals surface area contributed by atoms with Gasteiger partial charge in [0.2, 0.25) is 5.95 Å². The summed E-state index contributed by atoms with van der Waals surface area (Å²) in [5.41, 5.74) is 7.38. The van der Waals surface area contributed by atoms with E-state index in [1.807, 2.05) is 4.57 Å². The number of anilines is 1. The molecule has 0 bridgehead atoms. The van der Waals surface area contributed by atoms with Gasteiger partial charge in [0.25, 0.3) is 0 Å².